The Hall–Kier alpha value is -1.44. The van der Waals surface area contributed by atoms with Gasteiger partial charge in [0.05, 0.1) is 5.56 Å². The van der Waals surface area contributed by atoms with E-state index in [1.807, 2.05) is 24.4 Å². The Kier molecular flexibility index (Phi) is 4.23. The lowest BCUT2D eigenvalue weighted by Crippen LogP contribution is -1.99. The van der Waals surface area contributed by atoms with E-state index < -0.39 is 0 Å². The number of halogens is 1. The van der Waals surface area contributed by atoms with Gasteiger partial charge in [-0.25, -0.2) is 4.98 Å². The second kappa shape index (κ2) is 6.13. The zero-order chi connectivity index (χ0) is 14.8. The SMILES string of the molecule is Cc1csc(-c2c(N)nsc2NCc2ccc(Br)cc2)n1. The van der Waals surface area contributed by atoms with Crippen molar-refractivity contribution < 1.29 is 0 Å². The lowest BCUT2D eigenvalue weighted by atomic mass is 10.2. The number of hydrogen-bond donors (Lipinski definition) is 2. The topological polar surface area (TPSA) is 63.8 Å². The summed E-state index contributed by atoms with van der Waals surface area (Å²) in [6.07, 6.45) is 0. The van der Waals surface area contributed by atoms with Crippen LogP contribution in [-0.4, -0.2) is 9.36 Å². The molecule has 0 saturated heterocycles. The lowest BCUT2D eigenvalue weighted by molar-refractivity contribution is 1.16. The molecule has 0 fully saturated rings. The van der Waals surface area contributed by atoms with Crippen LogP contribution in [0, 0.1) is 6.92 Å². The summed E-state index contributed by atoms with van der Waals surface area (Å²) in [5.74, 6) is 0.535. The van der Waals surface area contributed by atoms with Crippen LogP contribution in [0.1, 0.15) is 11.3 Å². The van der Waals surface area contributed by atoms with Crippen LogP contribution in [-0.2, 0) is 6.54 Å². The highest BCUT2D eigenvalue weighted by Gasteiger charge is 2.16. The second-order valence-electron chi connectivity index (χ2n) is 4.55. The number of anilines is 2. The number of nitrogens with one attached hydrogen (secondary N) is 1. The summed E-state index contributed by atoms with van der Waals surface area (Å²) in [7, 11) is 0. The summed E-state index contributed by atoms with van der Waals surface area (Å²) in [6.45, 7) is 2.71. The van der Waals surface area contributed by atoms with Gasteiger partial charge in [-0.05, 0) is 36.2 Å². The number of thiazole rings is 1. The summed E-state index contributed by atoms with van der Waals surface area (Å²) < 4.78 is 5.32. The maximum atomic E-state index is 5.99. The van der Waals surface area contributed by atoms with Gasteiger partial charge in [0.1, 0.15) is 15.8 Å². The van der Waals surface area contributed by atoms with Crippen LogP contribution in [0.15, 0.2) is 34.1 Å². The Morgan fingerprint density at radius 3 is 2.71 bits per heavy atom. The number of aryl methyl sites for hydroxylation is 1. The molecule has 0 amide bonds. The van der Waals surface area contributed by atoms with Gasteiger partial charge < -0.3 is 11.1 Å². The zero-order valence-electron chi connectivity index (χ0n) is 11.3. The van der Waals surface area contributed by atoms with Gasteiger partial charge in [-0.15, -0.1) is 11.3 Å². The summed E-state index contributed by atoms with van der Waals surface area (Å²) in [5.41, 5.74) is 9.10. The van der Waals surface area contributed by atoms with E-state index in [0.717, 1.165) is 32.3 Å². The van der Waals surface area contributed by atoms with Crippen LogP contribution in [0.3, 0.4) is 0 Å². The molecule has 0 aliphatic rings. The molecule has 0 saturated carbocycles. The van der Waals surface area contributed by atoms with E-state index >= 15 is 0 Å². The molecule has 1 aromatic carbocycles. The molecule has 0 aliphatic heterocycles. The maximum absolute atomic E-state index is 5.99. The molecule has 3 rings (SSSR count). The molecule has 3 aromatic rings. The Bertz CT molecular complexity index is 749. The molecule has 4 nitrogen and oxygen atoms in total. The van der Waals surface area contributed by atoms with Gasteiger partial charge in [0.25, 0.3) is 0 Å². The first-order valence-corrected chi connectivity index (χ1v) is 8.74. The molecule has 0 radical (unpaired) electrons. The number of nitrogens with two attached hydrogens (primary N) is 1. The van der Waals surface area contributed by atoms with Gasteiger partial charge in [-0.2, -0.15) is 4.37 Å². The van der Waals surface area contributed by atoms with Crippen molar-refractivity contribution in [3.8, 4) is 10.6 Å². The fourth-order valence-electron chi connectivity index (χ4n) is 1.88. The minimum atomic E-state index is 0.535. The molecule has 21 heavy (non-hydrogen) atoms. The van der Waals surface area contributed by atoms with Crippen LogP contribution in [0.25, 0.3) is 10.6 Å². The van der Waals surface area contributed by atoms with Gasteiger partial charge in [0.2, 0.25) is 0 Å². The van der Waals surface area contributed by atoms with Crippen LogP contribution < -0.4 is 11.1 Å². The van der Waals surface area contributed by atoms with Crippen molar-refractivity contribution in [2.24, 2.45) is 0 Å². The number of aromatic nitrogens is 2. The molecule has 0 spiro atoms. The number of nitrogen functional groups attached to an aromatic ring is 1. The predicted molar refractivity (Wildman–Crippen MR) is 93.8 cm³/mol. The first kappa shape index (κ1) is 14.5. The molecule has 2 heterocycles. The Balaban J connectivity index is 1.81. The van der Waals surface area contributed by atoms with Crippen molar-refractivity contribution in [2.45, 2.75) is 13.5 Å². The predicted octanol–water partition coefficient (Wildman–Crippen LogP) is 4.53. The number of hydrogen-bond acceptors (Lipinski definition) is 6. The monoisotopic (exact) mass is 380 g/mol. The molecular weight excluding hydrogens is 368 g/mol. The molecule has 7 heteroatoms. The number of nitrogens with zero attached hydrogens (tertiary/aromatic N) is 2. The highest BCUT2D eigenvalue weighted by Crippen LogP contribution is 2.38. The average Bonchev–Trinajstić information content (AvgIpc) is 3.04. The Morgan fingerprint density at radius 2 is 2.05 bits per heavy atom. The van der Waals surface area contributed by atoms with E-state index in [9.17, 15) is 0 Å². The van der Waals surface area contributed by atoms with Crippen molar-refractivity contribution in [3.05, 3.63) is 45.4 Å². The van der Waals surface area contributed by atoms with Gasteiger partial charge in [0.15, 0.2) is 0 Å². The van der Waals surface area contributed by atoms with Crippen LogP contribution >= 0.6 is 38.8 Å². The first-order chi connectivity index (χ1) is 10.1. The van der Waals surface area contributed by atoms with E-state index in [0.29, 0.717) is 5.82 Å². The summed E-state index contributed by atoms with van der Waals surface area (Å²) in [4.78, 5) is 4.50. The standard InChI is InChI=1S/C14H13BrN4S2/c1-8-7-20-14(18-8)11-12(16)19-21-13(11)17-6-9-2-4-10(15)5-3-9/h2-5,7,17H,6H2,1H3,(H2,16,19). The van der Waals surface area contributed by atoms with Crippen LogP contribution in [0.2, 0.25) is 0 Å². The number of rotatable bonds is 4. The minimum Gasteiger partial charge on any atom is -0.382 e. The molecule has 0 atom stereocenters. The maximum Gasteiger partial charge on any atom is 0.149 e. The van der Waals surface area contributed by atoms with E-state index in [1.54, 1.807) is 11.3 Å². The molecule has 0 unspecified atom stereocenters. The third-order valence-electron chi connectivity index (χ3n) is 2.92. The van der Waals surface area contributed by atoms with Crippen molar-refractivity contribution in [1.29, 1.82) is 0 Å². The summed E-state index contributed by atoms with van der Waals surface area (Å²) >= 11 is 6.40. The third-order valence-corrected chi connectivity index (χ3v) is 5.24. The van der Waals surface area contributed by atoms with Gasteiger partial charge in [-0.3, -0.25) is 0 Å². The minimum absolute atomic E-state index is 0.535. The van der Waals surface area contributed by atoms with E-state index in [4.69, 9.17) is 5.73 Å². The van der Waals surface area contributed by atoms with Gasteiger partial charge in [0, 0.05) is 22.1 Å². The Labute approximate surface area is 139 Å². The smallest absolute Gasteiger partial charge is 0.149 e. The van der Waals surface area contributed by atoms with Crippen molar-refractivity contribution in [3.63, 3.8) is 0 Å². The summed E-state index contributed by atoms with van der Waals surface area (Å²) in [6, 6.07) is 8.22. The van der Waals surface area contributed by atoms with Gasteiger partial charge in [-0.1, -0.05) is 28.1 Å². The zero-order valence-corrected chi connectivity index (χ0v) is 14.5. The van der Waals surface area contributed by atoms with E-state index in [-0.39, 0.29) is 0 Å². The molecule has 0 bridgehead atoms. The largest absolute Gasteiger partial charge is 0.382 e. The van der Waals surface area contributed by atoms with E-state index in [2.05, 4.69) is 42.7 Å². The fraction of sp³-hybridized carbons (Fsp3) is 0.143. The van der Waals surface area contributed by atoms with Crippen molar-refractivity contribution in [1.82, 2.24) is 9.36 Å². The molecule has 2 aromatic heterocycles. The fourth-order valence-corrected chi connectivity index (χ4v) is 3.78. The molecule has 0 aliphatic carbocycles. The third kappa shape index (κ3) is 3.25. The normalized spacial score (nSPS) is 10.8. The molecule has 108 valence electrons. The molecular formula is C14H13BrN4S2. The highest BCUT2D eigenvalue weighted by atomic mass is 79.9. The highest BCUT2D eigenvalue weighted by molar-refractivity contribution is 9.10. The quantitative estimate of drug-likeness (QED) is 0.697. The molecule has 3 N–H and O–H groups in total. The first-order valence-electron chi connectivity index (χ1n) is 6.29. The van der Waals surface area contributed by atoms with Crippen LogP contribution in [0.5, 0.6) is 0 Å². The lowest BCUT2D eigenvalue weighted by Gasteiger charge is -2.06. The van der Waals surface area contributed by atoms with Crippen molar-refractivity contribution >= 4 is 49.6 Å². The van der Waals surface area contributed by atoms with Crippen molar-refractivity contribution in [2.75, 3.05) is 11.1 Å². The second-order valence-corrected chi connectivity index (χ2v) is 7.09. The summed E-state index contributed by atoms with van der Waals surface area (Å²) in [5, 5.41) is 7.30. The van der Waals surface area contributed by atoms with E-state index in [1.165, 1.54) is 17.1 Å². The number of benzene rings is 1. The van der Waals surface area contributed by atoms with Crippen LogP contribution in [0.4, 0.5) is 10.8 Å². The average molecular weight is 381 g/mol. The Morgan fingerprint density at radius 1 is 1.29 bits per heavy atom. The van der Waals surface area contributed by atoms with Gasteiger partial charge >= 0.3 is 0 Å².